The maximum absolute atomic E-state index is 12.4. The van der Waals surface area contributed by atoms with Crippen molar-refractivity contribution in [3.05, 3.63) is 28.1 Å². The summed E-state index contributed by atoms with van der Waals surface area (Å²) in [6, 6.07) is 0. The largest absolute Gasteiger partial charge is 0.462 e. The van der Waals surface area contributed by atoms with Crippen LogP contribution in [0.2, 0.25) is 5.15 Å². The maximum atomic E-state index is 12.4. The third-order valence-corrected chi connectivity index (χ3v) is 3.44. The van der Waals surface area contributed by atoms with E-state index >= 15 is 0 Å². The van der Waals surface area contributed by atoms with E-state index in [1.807, 2.05) is 0 Å². The second-order valence-electron chi connectivity index (χ2n) is 3.50. The summed E-state index contributed by atoms with van der Waals surface area (Å²) in [5.74, 6) is -0.690. The van der Waals surface area contributed by atoms with Crippen molar-refractivity contribution in [2.24, 2.45) is 0 Å². The van der Waals surface area contributed by atoms with Gasteiger partial charge in [-0.3, -0.25) is 0 Å². The Hall–Kier alpha value is -1.61. The number of ether oxygens (including phenoxy) is 1. The molecule has 108 valence electrons. The van der Waals surface area contributed by atoms with Crippen LogP contribution in [0.3, 0.4) is 0 Å². The lowest BCUT2D eigenvalue weighted by molar-refractivity contribution is -0.137. The van der Waals surface area contributed by atoms with Crippen LogP contribution in [0.1, 0.15) is 22.3 Å². The topological polar surface area (TPSA) is 57.0 Å². The van der Waals surface area contributed by atoms with Crippen LogP contribution >= 0.6 is 22.9 Å². The Morgan fingerprint density at radius 2 is 2.25 bits per heavy atom. The minimum absolute atomic E-state index is 0.0181. The van der Waals surface area contributed by atoms with Gasteiger partial charge in [0.25, 0.3) is 0 Å². The van der Waals surface area contributed by atoms with Crippen molar-refractivity contribution in [2.75, 3.05) is 6.61 Å². The number of thiazole rings is 1. The Morgan fingerprint density at radius 3 is 2.80 bits per heavy atom. The van der Waals surface area contributed by atoms with Gasteiger partial charge in [0.2, 0.25) is 0 Å². The molecular formula is C10H7ClF3N3O2S. The summed E-state index contributed by atoms with van der Waals surface area (Å²) in [5, 5.41) is 2.71. The fraction of sp³-hybridized carbons (Fsp3) is 0.300. The number of esters is 1. The number of hydrogen-bond donors (Lipinski definition) is 0. The SMILES string of the molecule is CCOC(=O)c1cn(-c2cnc(C(F)(F)F)s2)nc1Cl. The molecule has 0 N–H and O–H groups in total. The summed E-state index contributed by atoms with van der Waals surface area (Å²) in [4.78, 5) is 14.8. The third kappa shape index (κ3) is 2.93. The van der Waals surface area contributed by atoms with Gasteiger partial charge in [0.05, 0.1) is 12.8 Å². The Morgan fingerprint density at radius 1 is 1.55 bits per heavy atom. The lowest BCUT2D eigenvalue weighted by Crippen LogP contribution is -2.03. The number of carbonyl (C=O) groups excluding carboxylic acids is 1. The molecule has 0 aliphatic rings. The lowest BCUT2D eigenvalue weighted by atomic mass is 10.4. The Labute approximate surface area is 119 Å². The molecule has 0 saturated heterocycles. The van der Waals surface area contributed by atoms with Gasteiger partial charge in [-0.15, -0.1) is 0 Å². The van der Waals surface area contributed by atoms with E-state index in [0.717, 1.165) is 10.9 Å². The number of alkyl halides is 3. The highest BCUT2D eigenvalue weighted by Crippen LogP contribution is 2.33. The zero-order valence-electron chi connectivity index (χ0n) is 9.94. The predicted molar refractivity (Wildman–Crippen MR) is 65.2 cm³/mol. The summed E-state index contributed by atoms with van der Waals surface area (Å²) in [6.07, 6.45) is -2.32. The monoisotopic (exact) mass is 325 g/mol. The fourth-order valence-electron chi connectivity index (χ4n) is 1.31. The molecular weight excluding hydrogens is 319 g/mol. The van der Waals surface area contributed by atoms with Crippen molar-refractivity contribution >= 4 is 28.9 Å². The Kier molecular flexibility index (Phi) is 4.00. The summed E-state index contributed by atoms with van der Waals surface area (Å²) < 4.78 is 43.1. The Bertz CT molecular complexity index is 638. The molecule has 0 aliphatic carbocycles. The number of hydrogen-bond acceptors (Lipinski definition) is 5. The molecule has 2 aromatic heterocycles. The molecule has 20 heavy (non-hydrogen) atoms. The fourth-order valence-corrected chi connectivity index (χ4v) is 2.23. The first-order chi connectivity index (χ1) is 9.32. The van der Waals surface area contributed by atoms with Crippen LogP contribution in [0.25, 0.3) is 5.00 Å². The van der Waals surface area contributed by atoms with Crippen LogP contribution in [-0.4, -0.2) is 27.3 Å². The molecule has 0 radical (unpaired) electrons. The summed E-state index contributed by atoms with van der Waals surface area (Å²) in [7, 11) is 0. The number of carbonyl (C=O) groups is 1. The minimum Gasteiger partial charge on any atom is -0.462 e. The molecule has 2 heterocycles. The van der Waals surface area contributed by atoms with Crippen molar-refractivity contribution in [3.8, 4) is 5.00 Å². The zero-order chi connectivity index (χ0) is 14.9. The second kappa shape index (κ2) is 5.41. The van der Waals surface area contributed by atoms with E-state index in [4.69, 9.17) is 16.3 Å². The van der Waals surface area contributed by atoms with E-state index in [1.165, 1.54) is 6.20 Å². The van der Waals surface area contributed by atoms with Crippen LogP contribution in [0.4, 0.5) is 13.2 Å². The van der Waals surface area contributed by atoms with Gasteiger partial charge in [-0.05, 0) is 6.92 Å². The summed E-state index contributed by atoms with van der Waals surface area (Å²) in [5.41, 5.74) is -0.0181. The molecule has 0 aliphatic heterocycles. The van der Waals surface area contributed by atoms with E-state index in [9.17, 15) is 18.0 Å². The molecule has 0 amide bonds. The van der Waals surface area contributed by atoms with Crippen LogP contribution < -0.4 is 0 Å². The molecule has 10 heteroatoms. The first-order valence-corrected chi connectivity index (χ1v) is 6.48. The van der Waals surface area contributed by atoms with E-state index in [1.54, 1.807) is 6.92 Å². The minimum atomic E-state index is -4.52. The second-order valence-corrected chi connectivity index (χ2v) is 4.87. The molecule has 0 fully saturated rings. The molecule has 0 aromatic carbocycles. The number of halogens is 4. The average molecular weight is 326 g/mol. The first kappa shape index (κ1) is 14.8. The van der Waals surface area contributed by atoms with Gasteiger partial charge in [0.15, 0.2) is 10.2 Å². The van der Waals surface area contributed by atoms with Crippen molar-refractivity contribution in [2.45, 2.75) is 13.1 Å². The molecule has 0 atom stereocenters. The van der Waals surface area contributed by atoms with E-state index in [0.29, 0.717) is 11.3 Å². The normalized spacial score (nSPS) is 11.7. The van der Waals surface area contributed by atoms with Gasteiger partial charge in [0.1, 0.15) is 10.6 Å². The highest BCUT2D eigenvalue weighted by molar-refractivity contribution is 7.14. The molecule has 5 nitrogen and oxygen atoms in total. The first-order valence-electron chi connectivity index (χ1n) is 5.28. The zero-order valence-corrected chi connectivity index (χ0v) is 11.5. The standard InChI is InChI=1S/C10H7ClF3N3O2S/c1-2-19-8(18)5-4-17(16-7(5)11)6-3-15-9(20-6)10(12,13)14/h3-4H,2H2,1H3. The number of nitrogens with zero attached hydrogens (tertiary/aromatic N) is 3. The van der Waals surface area contributed by atoms with Gasteiger partial charge in [-0.1, -0.05) is 22.9 Å². The molecule has 0 unspecified atom stereocenters. The van der Waals surface area contributed by atoms with Crippen LogP contribution in [-0.2, 0) is 10.9 Å². The van der Waals surface area contributed by atoms with Gasteiger partial charge < -0.3 is 4.74 Å². The van der Waals surface area contributed by atoms with Crippen LogP contribution in [0.15, 0.2) is 12.4 Å². The van der Waals surface area contributed by atoms with Crippen LogP contribution in [0.5, 0.6) is 0 Å². The quantitative estimate of drug-likeness (QED) is 0.813. The maximum Gasteiger partial charge on any atom is 0.443 e. The Balaban J connectivity index is 2.33. The third-order valence-electron chi connectivity index (χ3n) is 2.13. The highest BCUT2D eigenvalue weighted by atomic mass is 35.5. The van der Waals surface area contributed by atoms with E-state index in [-0.39, 0.29) is 22.3 Å². The van der Waals surface area contributed by atoms with Gasteiger partial charge in [-0.25, -0.2) is 14.5 Å². The number of rotatable bonds is 3. The molecule has 2 rings (SSSR count). The highest BCUT2D eigenvalue weighted by Gasteiger charge is 2.35. The molecule has 0 saturated carbocycles. The molecule has 2 aromatic rings. The molecule has 0 spiro atoms. The van der Waals surface area contributed by atoms with Crippen molar-refractivity contribution < 1.29 is 22.7 Å². The van der Waals surface area contributed by atoms with Crippen molar-refractivity contribution in [1.82, 2.24) is 14.8 Å². The van der Waals surface area contributed by atoms with E-state index < -0.39 is 17.2 Å². The van der Waals surface area contributed by atoms with Crippen molar-refractivity contribution in [1.29, 1.82) is 0 Å². The average Bonchev–Trinajstić information content (AvgIpc) is 2.94. The van der Waals surface area contributed by atoms with Crippen LogP contribution in [0, 0.1) is 0 Å². The van der Waals surface area contributed by atoms with Crippen molar-refractivity contribution in [3.63, 3.8) is 0 Å². The van der Waals surface area contributed by atoms with E-state index in [2.05, 4.69) is 10.1 Å². The smallest absolute Gasteiger partial charge is 0.443 e. The summed E-state index contributed by atoms with van der Waals surface area (Å²) in [6.45, 7) is 1.77. The predicted octanol–water partition coefficient (Wildman–Crippen LogP) is 3.18. The van der Waals surface area contributed by atoms with Gasteiger partial charge in [0, 0.05) is 6.20 Å². The molecule has 0 bridgehead atoms. The van der Waals surface area contributed by atoms with Gasteiger partial charge in [-0.2, -0.15) is 18.3 Å². The van der Waals surface area contributed by atoms with Gasteiger partial charge >= 0.3 is 12.1 Å². The summed E-state index contributed by atoms with van der Waals surface area (Å²) >= 11 is 6.14. The number of aromatic nitrogens is 3. The lowest BCUT2D eigenvalue weighted by Gasteiger charge is -1.99.